The lowest BCUT2D eigenvalue weighted by molar-refractivity contribution is -0.138. The summed E-state index contributed by atoms with van der Waals surface area (Å²) in [4.78, 5) is 22.9. The number of benzene rings is 2. The van der Waals surface area contributed by atoms with Crippen LogP contribution in [0.2, 0.25) is 0 Å². The van der Waals surface area contributed by atoms with Crippen LogP contribution < -0.4 is 0 Å². The standard InChI is InChI=1S/C15H12O3/c16-14(12-8-13(12)15(17)18)11-6-5-9-3-1-2-4-10(9)7-11/h1-7,12-13H,8H2,(H,17,18). The number of carbonyl (C=O) groups is 2. The maximum Gasteiger partial charge on any atom is 0.307 e. The Morgan fingerprint density at radius 1 is 1.00 bits per heavy atom. The maximum atomic E-state index is 12.1. The van der Waals surface area contributed by atoms with Gasteiger partial charge < -0.3 is 5.11 Å². The molecule has 0 amide bonds. The molecule has 0 heterocycles. The van der Waals surface area contributed by atoms with Gasteiger partial charge in [-0.3, -0.25) is 9.59 Å². The third kappa shape index (κ3) is 1.78. The molecule has 0 saturated heterocycles. The minimum atomic E-state index is -0.867. The summed E-state index contributed by atoms with van der Waals surface area (Å²) in [7, 11) is 0. The predicted molar refractivity (Wildman–Crippen MR) is 67.5 cm³/mol. The summed E-state index contributed by atoms with van der Waals surface area (Å²) in [5.74, 6) is -1.73. The number of fused-ring (bicyclic) bond motifs is 1. The molecule has 2 unspecified atom stereocenters. The summed E-state index contributed by atoms with van der Waals surface area (Å²) >= 11 is 0. The summed E-state index contributed by atoms with van der Waals surface area (Å²) in [5.41, 5.74) is 0.613. The van der Waals surface area contributed by atoms with Crippen molar-refractivity contribution >= 4 is 22.5 Å². The Hall–Kier alpha value is -2.16. The molecule has 90 valence electrons. The molecule has 0 spiro atoms. The molecule has 1 aliphatic carbocycles. The first-order valence-corrected chi connectivity index (χ1v) is 5.92. The molecule has 1 N–H and O–H groups in total. The molecule has 3 nitrogen and oxygen atoms in total. The molecular formula is C15H12O3. The van der Waals surface area contributed by atoms with Gasteiger partial charge in [0, 0.05) is 11.5 Å². The highest BCUT2D eigenvalue weighted by atomic mass is 16.4. The molecule has 0 aromatic heterocycles. The number of carboxylic acid groups (broad SMARTS) is 1. The third-order valence-corrected chi connectivity index (χ3v) is 3.48. The minimum Gasteiger partial charge on any atom is -0.481 e. The summed E-state index contributed by atoms with van der Waals surface area (Å²) < 4.78 is 0. The fraction of sp³-hybridized carbons (Fsp3) is 0.200. The molecule has 0 radical (unpaired) electrons. The minimum absolute atomic E-state index is 0.0480. The Morgan fingerprint density at radius 2 is 1.72 bits per heavy atom. The van der Waals surface area contributed by atoms with Crippen LogP contribution in [0.3, 0.4) is 0 Å². The molecule has 1 aliphatic rings. The van der Waals surface area contributed by atoms with Gasteiger partial charge in [-0.15, -0.1) is 0 Å². The van der Waals surface area contributed by atoms with Crippen LogP contribution in [0, 0.1) is 11.8 Å². The van der Waals surface area contributed by atoms with Crippen LogP contribution in [0.25, 0.3) is 10.8 Å². The Morgan fingerprint density at radius 3 is 2.39 bits per heavy atom. The topological polar surface area (TPSA) is 54.4 Å². The fourth-order valence-corrected chi connectivity index (χ4v) is 2.31. The molecule has 2 aromatic rings. The van der Waals surface area contributed by atoms with E-state index in [2.05, 4.69) is 0 Å². The number of hydrogen-bond acceptors (Lipinski definition) is 2. The van der Waals surface area contributed by atoms with Gasteiger partial charge in [0.1, 0.15) is 0 Å². The summed E-state index contributed by atoms with van der Waals surface area (Å²) in [6.45, 7) is 0. The number of rotatable bonds is 3. The lowest BCUT2D eigenvalue weighted by Gasteiger charge is -2.02. The molecule has 0 aliphatic heterocycles. The maximum absolute atomic E-state index is 12.1. The van der Waals surface area contributed by atoms with Crippen LogP contribution in [0.15, 0.2) is 42.5 Å². The number of hydrogen-bond donors (Lipinski definition) is 1. The highest BCUT2D eigenvalue weighted by Gasteiger charge is 2.48. The second kappa shape index (κ2) is 3.95. The quantitative estimate of drug-likeness (QED) is 0.839. The smallest absolute Gasteiger partial charge is 0.307 e. The largest absolute Gasteiger partial charge is 0.481 e. The van der Waals surface area contributed by atoms with Crippen molar-refractivity contribution < 1.29 is 14.7 Å². The monoisotopic (exact) mass is 240 g/mol. The zero-order valence-corrected chi connectivity index (χ0v) is 9.67. The molecule has 1 fully saturated rings. The molecule has 2 atom stereocenters. The van der Waals surface area contributed by atoms with Gasteiger partial charge in [-0.2, -0.15) is 0 Å². The van der Waals surface area contributed by atoms with Crippen molar-refractivity contribution in [3.8, 4) is 0 Å². The van der Waals surface area contributed by atoms with Crippen molar-refractivity contribution in [2.75, 3.05) is 0 Å². The highest BCUT2D eigenvalue weighted by molar-refractivity contribution is 6.04. The lowest BCUT2D eigenvalue weighted by Crippen LogP contribution is -2.08. The van der Waals surface area contributed by atoms with Gasteiger partial charge in [-0.25, -0.2) is 0 Å². The molecule has 2 aromatic carbocycles. The van der Waals surface area contributed by atoms with Crippen molar-refractivity contribution in [1.82, 2.24) is 0 Å². The van der Waals surface area contributed by atoms with Gasteiger partial charge in [0.05, 0.1) is 5.92 Å². The van der Waals surface area contributed by atoms with E-state index in [0.29, 0.717) is 12.0 Å². The number of Topliss-reactive ketones (excluding diaryl/α,β-unsaturated/α-hetero) is 1. The highest BCUT2D eigenvalue weighted by Crippen LogP contribution is 2.41. The van der Waals surface area contributed by atoms with Crippen LogP contribution in [0.4, 0.5) is 0 Å². The number of ketones is 1. The van der Waals surface area contributed by atoms with Gasteiger partial charge in [-0.1, -0.05) is 36.4 Å². The van der Waals surface area contributed by atoms with E-state index in [1.54, 1.807) is 6.07 Å². The number of carboxylic acids is 1. The van der Waals surface area contributed by atoms with E-state index in [9.17, 15) is 9.59 Å². The van der Waals surface area contributed by atoms with Gasteiger partial charge in [0.25, 0.3) is 0 Å². The van der Waals surface area contributed by atoms with E-state index >= 15 is 0 Å². The van der Waals surface area contributed by atoms with Gasteiger partial charge in [0.2, 0.25) is 0 Å². The van der Waals surface area contributed by atoms with Crippen LogP contribution in [0.5, 0.6) is 0 Å². The second-order valence-corrected chi connectivity index (χ2v) is 4.71. The predicted octanol–water partition coefficient (Wildman–Crippen LogP) is 2.74. The Balaban J connectivity index is 1.91. The third-order valence-electron chi connectivity index (χ3n) is 3.48. The number of aliphatic carboxylic acids is 1. The zero-order chi connectivity index (χ0) is 12.7. The molecular weight excluding hydrogens is 228 g/mol. The second-order valence-electron chi connectivity index (χ2n) is 4.71. The Kier molecular flexibility index (Phi) is 2.40. The summed E-state index contributed by atoms with van der Waals surface area (Å²) in [6, 6.07) is 13.3. The fourth-order valence-electron chi connectivity index (χ4n) is 2.31. The number of carbonyl (C=O) groups excluding carboxylic acids is 1. The Bertz CT molecular complexity index is 645. The normalized spacial score (nSPS) is 21.8. The van der Waals surface area contributed by atoms with Crippen LogP contribution in [0.1, 0.15) is 16.8 Å². The first kappa shape index (κ1) is 11.0. The van der Waals surface area contributed by atoms with E-state index in [0.717, 1.165) is 10.8 Å². The average molecular weight is 240 g/mol. The molecule has 3 rings (SSSR count). The van der Waals surface area contributed by atoms with Crippen molar-refractivity contribution in [2.24, 2.45) is 11.8 Å². The Labute approximate surface area is 104 Å². The molecule has 3 heteroatoms. The summed E-state index contributed by atoms with van der Waals surface area (Å²) in [5, 5.41) is 10.9. The van der Waals surface area contributed by atoms with Gasteiger partial charge in [0.15, 0.2) is 5.78 Å². The van der Waals surface area contributed by atoms with E-state index < -0.39 is 11.9 Å². The van der Waals surface area contributed by atoms with E-state index in [1.807, 2.05) is 36.4 Å². The molecule has 0 bridgehead atoms. The van der Waals surface area contributed by atoms with Crippen LogP contribution >= 0.6 is 0 Å². The van der Waals surface area contributed by atoms with Gasteiger partial charge in [-0.05, 0) is 23.3 Å². The van der Waals surface area contributed by atoms with E-state index in [-0.39, 0.29) is 11.7 Å². The summed E-state index contributed by atoms with van der Waals surface area (Å²) in [6.07, 6.45) is 0.473. The van der Waals surface area contributed by atoms with Crippen molar-refractivity contribution in [3.63, 3.8) is 0 Å². The SMILES string of the molecule is O=C(O)C1CC1C(=O)c1ccc2ccccc2c1. The first-order valence-electron chi connectivity index (χ1n) is 5.92. The van der Waals surface area contributed by atoms with E-state index in [1.165, 1.54) is 0 Å². The van der Waals surface area contributed by atoms with Crippen molar-refractivity contribution in [2.45, 2.75) is 6.42 Å². The zero-order valence-electron chi connectivity index (χ0n) is 9.67. The molecule has 18 heavy (non-hydrogen) atoms. The van der Waals surface area contributed by atoms with E-state index in [4.69, 9.17) is 5.11 Å². The first-order chi connectivity index (χ1) is 8.66. The average Bonchev–Trinajstić information content (AvgIpc) is 3.17. The van der Waals surface area contributed by atoms with Crippen LogP contribution in [-0.2, 0) is 4.79 Å². The van der Waals surface area contributed by atoms with Crippen molar-refractivity contribution in [1.29, 1.82) is 0 Å². The molecule has 1 saturated carbocycles. The lowest BCUT2D eigenvalue weighted by atomic mass is 10.0. The van der Waals surface area contributed by atoms with Crippen molar-refractivity contribution in [3.05, 3.63) is 48.0 Å². The van der Waals surface area contributed by atoms with Crippen LogP contribution in [-0.4, -0.2) is 16.9 Å². The van der Waals surface area contributed by atoms with Gasteiger partial charge >= 0.3 is 5.97 Å².